The van der Waals surface area contributed by atoms with Crippen LogP contribution in [0.2, 0.25) is 0 Å². The van der Waals surface area contributed by atoms with E-state index in [0.29, 0.717) is 26.2 Å². The monoisotopic (exact) mass is 348 g/mol. The predicted molar refractivity (Wildman–Crippen MR) is 77.1 cm³/mol. The van der Waals surface area contributed by atoms with Crippen molar-refractivity contribution >= 4 is 12.0 Å². The van der Waals surface area contributed by atoms with Crippen LogP contribution in [0.1, 0.15) is 18.3 Å². The SMILES string of the molecule is CCOC(=O)N1CCN(C(=O)Cn2nc(C(F)(F)F)cc2C)CC1. The number of rotatable bonds is 3. The molecule has 0 bridgehead atoms. The Kier molecular flexibility index (Phi) is 5.35. The third-order valence-corrected chi connectivity index (χ3v) is 3.72. The van der Waals surface area contributed by atoms with Crippen LogP contribution in [0.25, 0.3) is 0 Å². The second kappa shape index (κ2) is 7.10. The average Bonchev–Trinajstić information content (AvgIpc) is 2.89. The minimum absolute atomic E-state index is 0.263. The lowest BCUT2D eigenvalue weighted by Gasteiger charge is -2.34. The van der Waals surface area contributed by atoms with Crippen LogP contribution in [0.15, 0.2) is 6.07 Å². The number of aromatic nitrogens is 2. The van der Waals surface area contributed by atoms with E-state index in [1.165, 1.54) is 16.7 Å². The van der Waals surface area contributed by atoms with Gasteiger partial charge in [-0.2, -0.15) is 18.3 Å². The molecule has 10 heteroatoms. The number of piperazine rings is 1. The van der Waals surface area contributed by atoms with Gasteiger partial charge in [0.1, 0.15) is 6.54 Å². The molecule has 1 aliphatic rings. The molecule has 0 unspecified atom stereocenters. The third kappa shape index (κ3) is 4.18. The number of aryl methyl sites for hydroxylation is 1. The molecule has 7 nitrogen and oxygen atoms in total. The van der Waals surface area contributed by atoms with Gasteiger partial charge in [0, 0.05) is 31.9 Å². The van der Waals surface area contributed by atoms with Gasteiger partial charge in [0.15, 0.2) is 5.69 Å². The Morgan fingerprint density at radius 2 is 1.79 bits per heavy atom. The van der Waals surface area contributed by atoms with E-state index in [1.54, 1.807) is 6.92 Å². The largest absolute Gasteiger partial charge is 0.450 e. The topological polar surface area (TPSA) is 67.7 Å². The lowest BCUT2D eigenvalue weighted by atomic mass is 10.3. The Hall–Kier alpha value is -2.26. The van der Waals surface area contributed by atoms with E-state index in [0.717, 1.165) is 10.7 Å². The Morgan fingerprint density at radius 3 is 2.29 bits per heavy atom. The number of halogens is 3. The van der Waals surface area contributed by atoms with Crippen molar-refractivity contribution in [3.63, 3.8) is 0 Å². The summed E-state index contributed by atoms with van der Waals surface area (Å²) >= 11 is 0. The molecule has 134 valence electrons. The molecule has 0 spiro atoms. The van der Waals surface area contributed by atoms with Crippen molar-refractivity contribution in [1.82, 2.24) is 19.6 Å². The normalized spacial score (nSPS) is 15.5. The number of carbonyl (C=O) groups is 2. The fourth-order valence-electron chi connectivity index (χ4n) is 2.39. The molecule has 2 rings (SSSR count). The van der Waals surface area contributed by atoms with Crippen LogP contribution in [0, 0.1) is 6.92 Å². The van der Waals surface area contributed by atoms with Crippen LogP contribution >= 0.6 is 0 Å². The molecule has 24 heavy (non-hydrogen) atoms. The van der Waals surface area contributed by atoms with Crippen molar-refractivity contribution in [2.45, 2.75) is 26.6 Å². The van der Waals surface area contributed by atoms with Crippen LogP contribution in [0.5, 0.6) is 0 Å². The highest BCUT2D eigenvalue weighted by molar-refractivity contribution is 5.76. The van der Waals surface area contributed by atoms with Crippen molar-refractivity contribution in [3.05, 3.63) is 17.5 Å². The van der Waals surface area contributed by atoms with Gasteiger partial charge >= 0.3 is 12.3 Å². The number of nitrogens with zero attached hydrogens (tertiary/aromatic N) is 4. The summed E-state index contributed by atoms with van der Waals surface area (Å²) in [5.74, 6) is -0.335. The Bertz CT molecular complexity index is 607. The maximum absolute atomic E-state index is 12.6. The van der Waals surface area contributed by atoms with Crippen molar-refractivity contribution in [2.75, 3.05) is 32.8 Å². The van der Waals surface area contributed by atoms with Gasteiger partial charge in [0.2, 0.25) is 5.91 Å². The highest BCUT2D eigenvalue weighted by Gasteiger charge is 2.35. The molecule has 1 aromatic rings. The number of carbonyl (C=O) groups excluding carboxylic acids is 2. The zero-order valence-electron chi connectivity index (χ0n) is 13.5. The molecule has 1 fully saturated rings. The van der Waals surface area contributed by atoms with Crippen molar-refractivity contribution in [1.29, 1.82) is 0 Å². The molecule has 1 aliphatic heterocycles. The van der Waals surface area contributed by atoms with Gasteiger partial charge in [0.25, 0.3) is 0 Å². The van der Waals surface area contributed by atoms with Gasteiger partial charge in [-0.05, 0) is 19.9 Å². The first kappa shape index (κ1) is 18.1. The van der Waals surface area contributed by atoms with Gasteiger partial charge in [0.05, 0.1) is 6.61 Å². The summed E-state index contributed by atoms with van der Waals surface area (Å²) in [5.41, 5.74) is -0.749. The Balaban J connectivity index is 1.93. The van der Waals surface area contributed by atoms with E-state index in [4.69, 9.17) is 4.74 Å². The van der Waals surface area contributed by atoms with Crippen LogP contribution in [0.4, 0.5) is 18.0 Å². The van der Waals surface area contributed by atoms with Gasteiger partial charge in [-0.15, -0.1) is 0 Å². The van der Waals surface area contributed by atoms with Crippen LogP contribution < -0.4 is 0 Å². The first-order valence-electron chi connectivity index (χ1n) is 7.53. The summed E-state index contributed by atoms with van der Waals surface area (Å²) in [4.78, 5) is 26.8. The van der Waals surface area contributed by atoms with Crippen molar-refractivity contribution in [3.8, 4) is 0 Å². The summed E-state index contributed by atoms with van der Waals surface area (Å²) in [6, 6.07) is 0.909. The van der Waals surface area contributed by atoms with E-state index in [-0.39, 0.29) is 24.8 Å². The van der Waals surface area contributed by atoms with E-state index in [9.17, 15) is 22.8 Å². The fraction of sp³-hybridized carbons (Fsp3) is 0.643. The van der Waals surface area contributed by atoms with E-state index >= 15 is 0 Å². The zero-order chi connectivity index (χ0) is 17.9. The quantitative estimate of drug-likeness (QED) is 0.830. The summed E-state index contributed by atoms with van der Waals surface area (Å²) in [6.07, 6.45) is -4.97. The van der Waals surface area contributed by atoms with Gasteiger partial charge < -0.3 is 14.5 Å². The van der Waals surface area contributed by atoms with Gasteiger partial charge in [-0.1, -0.05) is 0 Å². The number of hydrogen-bond acceptors (Lipinski definition) is 4. The molecule has 0 N–H and O–H groups in total. The van der Waals surface area contributed by atoms with E-state index in [1.807, 2.05) is 0 Å². The van der Waals surface area contributed by atoms with Crippen molar-refractivity contribution in [2.24, 2.45) is 0 Å². The standard InChI is InChI=1S/C14H19F3N4O3/c1-3-24-13(23)20-6-4-19(5-7-20)12(22)9-21-10(2)8-11(18-21)14(15,16)17/h8H,3-7,9H2,1-2H3. The maximum atomic E-state index is 12.6. The first-order valence-corrected chi connectivity index (χ1v) is 7.53. The summed E-state index contributed by atoms with van der Waals surface area (Å²) < 4.78 is 43.8. The van der Waals surface area contributed by atoms with Crippen molar-refractivity contribution < 1.29 is 27.5 Å². The molecule has 1 saturated heterocycles. The molecule has 0 aromatic carbocycles. The number of ether oxygens (including phenoxy) is 1. The fourth-order valence-corrected chi connectivity index (χ4v) is 2.39. The molecular formula is C14H19F3N4O3. The summed E-state index contributed by atoms with van der Waals surface area (Å²) in [7, 11) is 0. The zero-order valence-corrected chi connectivity index (χ0v) is 13.5. The smallest absolute Gasteiger partial charge is 0.435 e. The maximum Gasteiger partial charge on any atom is 0.435 e. The predicted octanol–water partition coefficient (Wildman–Crippen LogP) is 1.51. The molecular weight excluding hydrogens is 329 g/mol. The minimum Gasteiger partial charge on any atom is -0.450 e. The minimum atomic E-state index is -4.54. The second-order valence-electron chi connectivity index (χ2n) is 5.39. The van der Waals surface area contributed by atoms with Gasteiger partial charge in [-0.3, -0.25) is 9.48 Å². The number of alkyl halides is 3. The lowest BCUT2D eigenvalue weighted by molar-refractivity contribution is -0.142. The molecule has 2 heterocycles. The van der Waals surface area contributed by atoms with E-state index < -0.39 is 18.0 Å². The summed E-state index contributed by atoms with van der Waals surface area (Å²) in [5, 5.41) is 3.44. The molecule has 0 aliphatic carbocycles. The molecule has 2 amide bonds. The van der Waals surface area contributed by atoms with Crippen LogP contribution in [-0.2, 0) is 22.3 Å². The van der Waals surface area contributed by atoms with Crippen LogP contribution in [0.3, 0.4) is 0 Å². The molecule has 0 radical (unpaired) electrons. The first-order chi connectivity index (χ1) is 11.2. The highest BCUT2D eigenvalue weighted by atomic mass is 19.4. The summed E-state index contributed by atoms with van der Waals surface area (Å²) in [6.45, 7) is 4.47. The lowest BCUT2D eigenvalue weighted by Crippen LogP contribution is -2.51. The third-order valence-electron chi connectivity index (χ3n) is 3.72. The van der Waals surface area contributed by atoms with Gasteiger partial charge in [-0.25, -0.2) is 4.79 Å². The molecule has 0 saturated carbocycles. The highest BCUT2D eigenvalue weighted by Crippen LogP contribution is 2.28. The Morgan fingerprint density at radius 1 is 1.21 bits per heavy atom. The molecule has 1 aromatic heterocycles. The van der Waals surface area contributed by atoms with Crippen LogP contribution in [-0.4, -0.2) is 64.4 Å². The second-order valence-corrected chi connectivity index (χ2v) is 5.39. The molecule has 0 atom stereocenters. The van der Waals surface area contributed by atoms with E-state index in [2.05, 4.69) is 5.10 Å². The number of amides is 2. The Labute approximate surface area is 137 Å². The number of hydrogen-bond donors (Lipinski definition) is 0. The average molecular weight is 348 g/mol.